The van der Waals surface area contributed by atoms with Crippen molar-refractivity contribution >= 4 is 50.2 Å². The number of thioether (sulfide) groups is 1. The summed E-state index contributed by atoms with van der Waals surface area (Å²) >= 11 is 4.46. The Balaban J connectivity index is 2.07. The molecule has 1 aromatic heterocycles. The van der Waals surface area contributed by atoms with Crippen LogP contribution in [0.15, 0.2) is 37.3 Å². The molecule has 0 bridgehead atoms. The Morgan fingerprint density at radius 1 is 1.42 bits per heavy atom. The van der Waals surface area contributed by atoms with Crippen LogP contribution in [0.3, 0.4) is 0 Å². The van der Waals surface area contributed by atoms with Gasteiger partial charge in [0.15, 0.2) is 16.7 Å². The molecule has 0 aliphatic carbocycles. The molecule has 8 nitrogen and oxygen atoms in total. The maximum atomic E-state index is 13.2. The number of benzene rings is 1. The molecule has 0 aliphatic heterocycles. The number of nitrogens with two attached hydrogens (primary N) is 2. The minimum absolute atomic E-state index is 0.0874. The molecule has 0 fully saturated rings. The summed E-state index contributed by atoms with van der Waals surface area (Å²) in [5, 5.41) is 11.0. The van der Waals surface area contributed by atoms with E-state index in [1.807, 2.05) is 6.26 Å². The van der Waals surface area contributed by atoms with Crippen LogP contribution in [0.1, 0.15) is 5.69 Å². The lowest BCUT2D eigenvalue weighted by atomic mass is 10.3. The predicted octanol–water partition coefficient (Wildman–Crippen LogP) is 2.10. The number of hydrogen-bond donors (Lipinski definition) is 3. The molecule has 2 rings (SSSR count). The van der Waals surface area contributed by atoms with Crippen LogP contribution in [-0.2, 0) is 0 Å². The van der Waals surface area contributed by atoms with Crippen molar-refractivity contribution in [3.63, 3.8) is 0 Å². The third-order valence-corrected chi connectivity index (χ3v) is 3.92. The second-order valence-corrected chi connectivity index (χ2v) is 6.09. The summed E-state index contributed by atoms with van der Waals surface area (Å²) in [7, 11) is 0. The van der Waals surface area contributed by atoms with Crippen LogP contribution < -0.4 is 16.8 Å². The van der Waals surface area contributed by atoms with Crippen molar-refractivity contribution in [3.05, 3.63) is 34.2 Å². The summed E-state index contributed by atoms with van der Waals surface area (Å²) in [6.07, 6.45) is 1.84. The van der Waals surface area contributed by atoms with Gasteiger partial charge in [0.05, 0.1) is 16.7 Å². The van der Waals surface area contributed by atoms with Crippen LogP contribution in [0.2, 0.25) is 0 Å². The van der Waals surface area contributed by atoms with Gasteiger partial charge >= 0.3 is 0 Å². The molecule has 0 unspecified atom stereocenters. The molecule has 0 radical (unpaired) electrons. The van der Waals surface area contributed by atoms with Crippen molar-refractivity contribution in [1.82, 2.24) is 10.3 Å². The van der Waals surface area contributed by atoms with Gasteiger partial charge in [0, 0.05) is 6.54 Å². The molecule has 128 valence electrons. The molecule has 1 heterocycles. The van der Waals surface area contributed by atoms with Crippen LogP contribution >= 0.6 is 27.7 Å². The molecule has 5 N–H and O–H groups in total. The van der Waals surface area contributed by atoms with Crippen molar-refractivity contribution in [3.8, 4) is 0 Å². The predicted molar refractivity (Wildman–Crippen MR) is 97.3 cm³/mol. The van der Waals surface area contributed by atoms with E-state index >= 15 is 0 Å². The third-order valence-electron chi connectivity index (χ3n) is 2.76. The van der Waals surface area contributed by atoms with Crippen molar-refractivity contribution in [2.24, 2.45) is 21.5 Å². The summed E-state index contributed by atoms with van der Waals surface area (Å²) in [6.45, 7) is 0.929. The molecule has 0 aliphatic rings. The monoisotopic (exact) mass is 415 g/mol. The lowest BCUT2D eigenvalue weighted by Gasteiger charge is -2.03. The molecule has 11 heteroatoms. The number of aromatic nitrogens is 2. The number of aliphatic imine (C=N–C) groups is 2. The van der Waals surface area contributed by atoms with Gasteiger partial charge in [-0.3, -0.25) is 4.99 Å². The lowest BCUT2D eigenvalue weighted by molar-refractivity contribution is 0.308. The third kappa shape index (κ3) is 4.93. The Bertz CT molecular complexity index is 765. The van der Waals surface area contributed by atoms with Gasteiger partial charge < -0.3 is 16.8 Å². The second-order valence-electron chi connectivity index (χ2n) is 4.41. The van der Waals surface area contributed by atoms with E-state index in [1.54, 1.807) is 0 Å². The van der Waals surface area contributed by atoms with E-state index in [0.717, 1.165) is 0 Å². The van der Waals surface area contributed by atoms with Gasteiger partial charge in [0.25, 0.3) is 0 Å². The van der Waals surface area contributed by atoms with Crippen LogP contribution in [0.5, 0.6) is 0 Å². The van der Waals surface area contributed by atoms with Crippen LogP contribution in [0.25, 0.3) is 0 Å². The first-order valence-electron chi connectivity index (χ1n) is 6.71. The SMILES string of the molecule is CSC(N)=NCCNc1nonc1C(N)=Nc1ccc(F)c(Br)c1. The van der Waals surface area contributed by atoms with E-state index in [4.69, 9.17) is 11.5 Å². The molecule has 0 amide bonds. The molecule has 0 spiro atoms. The summed E-state index contributed by atoms with van der Waals surface area (Å²) in [6, 6.07) is 4.28. The van der Waals surface area contributed by atoms with Crippen molar-refractivity contribution in [2.75, 3.05) is 24.7 Å². The first-order valence-corrected chi connectivity index (χ1v) is 8.73. The summed E-state index contributed by atoms with van der Waals surface area (Å²) < 4.78 is 18.2. The number of nitrogens with zero attached hydrogens (tertiary/aromatic N) is 4. The maximum absolute atomic E-state index is 13.2. The Morgan fingerprint density at radius 2 is 2.21 bits per heavy atom. The maximum Gasteiger partial charge on any atom is 0.202 e. The fourth-order valence-corrected chi connectivity index (χ4v) is 2.21. The van der Waals surface area contributed by atoms with Gasteiger partial charge in [-0.25, -0.2) is 14.0 Å². The van der Waals surface area contributed by atoms with E-state index in [-0.39, 0.29) is 21.8 Å². The molecular weight excluding hydrogens is 401 g/mol. The van der Waals surface area contributed by atoms with Crippen LogP contribution in [0, 0.1) is 5.82 Å². The number of hydrogen-bond acceptors (Lipinski definition) is 7. The first-order chi connectivity index (χ1) is 11.5. The number of rotatable bonds is 6. The van der Waals surface area contributed by atoms with E-state index < -0.39 is 0 Å². The number of anilines is 1. The van der Waals surface area contributed by atoms with E-state index in [2.05, 4.69) is 46.2 Å². The quantitative estimate of drug-likeness (QED) is 0.374. The topological polar surface area (TPSA) is 128 Å². The summed E-state index contributed by atoms with van der Waals surface area (Å²) in [5.74, 6) is 0.0442. The first kappa shape index (κ1) is 18.2. The zero-order valence-electron chi connectivity index (χ0n) is 12.7. The highest BCUT2D eigenvalue weighted by molar-refractivity contribution is 9.10. The van der Waals surface area contributed by atoms with Gasteiger partial charge in [0.1, 0.15) is 5.82 Å². The van der Waals surface area contributed by atoms with E-state index in [0.29, 0.717) is 29.8 Å². The molecule has 1 aromatic carbocycles. The molecule has 0 atom stereocenters. The highest BCUT2D eigenvalue weighted by Crippen LogP contribution is 2.22. The Morgan fingerprint density at radius 3 is 2.92 bits per heavy atom. The minimum Gasteiger partial charge on any atom is -0.382 e. The molecule has 0 saturated carbocycles. The largest absolute Gasteiger partial charge is 0.382 e. The number of halogens is 2. The van der Waals surface area contributed by atoms with Gasteiger partial charge in [-0.05, 0) is 50.7 Å². The van der Waals surface area contributed by atoms with Crippen LogP contribution in [0.4, 0.5) is 15.9 Å². The van der Waals surface area contributed by atoms with Crippen molar-refractivity contribution < 1.29 is 9.02 Å². The normalized spacial score (nSPS) is 12.5. The standard InChI is InChI=1S/C13H15BrFN7OS/c1-24-13(17)19-5-4-18-12-10(21-23-22-12)11(16)20-7-2-3-9(15)8(14)6-7/h2-3,6H,4-5H2,1H3,(H2,16,20)(H2,17,19)(H,18,22). The van der Waals surface area contributed by atoms with Gasteiger partial charge in [-0.15, -0.1) is 0 Å². The number of nitrogens with one attached hydrogen (secondary N) is 1. The average Bonchev–Trinajstić information content (AvgIpc) is 3.03. The summed E-state index contributed by atoms with van der Waals surface area (Å²) in [4.78, 5) is 8.29. The second kappa shape index (κ2) is 8.64. The van der Waals surface area contributed by atoms with E-state index in [9.17, 15) is 4.39 Å². The fourth-order valence-electron chi connectivity index (χ4n) is 1.62. The minimum atomic E-state index is -0.386. The smallest absolute Gasteiger partial charge is 0.202 e. The van der Waals surface area contributed by atoms with Gasteiger partial charge in [-0.2, -0.15) is 0 Å². The average molecular weight is 416 g/mol. The zero-order valence-corrected chi connectivity index (χ0v) is 15.1. The Labute approximate surface area is 150 Å². The Kier molecular flexibility index (Phi) is 6.55. The van der Waals surface area contributed by atoms with Crippen molar-refractivity contribution in [2.45, 2.75) is 0 Å². The van der Waals surface area contributed by atoms with Crippen molar-refractivity contribution in [1.29, 1.82) is 0 Å². The van der Waals surface area contributed by atoms with E-state index in [1.165, 1.54) is 30.0 Å². The lowest BCUT2D eigenvalue weighted by Crippen LogP contribution is -2.17. The van der Waals surface area contributed by atoms with Gasteiger partial charge in [0.2, 0.25) is 5.82 Å². The fraction of sp³-hybridized carbons (Fsp3) is 0.231. The molecular formula is C13H15BrFN7OS. The highest BCUT2D eigenvalue weighted by atomic mass is 79.9. The van der Waals surface area contributed by atoms with Crippen LogP contribution in [-0.4, -0.2) is 40.7 Å². The zero-order chi connectivity index (χ0) is 17.5. The highest BCUT2D eigenvalue weighted by Gasteiger charge is 2.14. The molecule has 0 saturated heterocycles. The summed E-state index contributed by atoms with van der Waals surface area (Å²) in [5.41, 5.74) is 12.2. The molecule has 2 aromatic rings. The van der Waals surface area contributed by atoms with Gasteiger partial charge in [-0.1, -0.05) is 11.8 Å². The Hall–Kier alpha value is -2.14. The molecule has 24 heavy (non-hydrogen) atoms. The number of amidine groups is 2.